The summed E-state index contributed by atoms with van der Waals surface area (Å²) in [6.45, 7) is 6.91. The van der Waals surface area contributed by atoms with Crippen LogP contribution in [0.1, 0.15) is 30.5 Å². The van der Waals surface area contributed by atoms with Gasteiger partial charge in [0, 0.05) is 13.1 Å². The van der Waals surface area contributed by atoms with Crippen molar-refractivity contribution in [3.05, 3.63) is 53.1 Å². The van der Waals surface area contributed by atoms with Crippen LogP contribution < -0.4 is 4.72 Å². The first-order valence-corrected chi connectivity index (χ1v) is 12.0. The van der Waals surface area contributed by atoms with E-state index in [1.165, 1.54) is 16.4 Å². The maximum atomic E-state index is 13.3. The molecule has 0 amide bonds. The second-order valence-corrected chi connectivity index (χ2v) is 10.2. The smallest absolute Gasteiger partial charge is 0.279 e. The average molecular weight is 465 g/mol. The Kier molecular flexibility index (Phi) is 6.89. The number of halogens is 3. The molecule has 30 heavy (non-hydrogen) atoms. The molecule has 0 aliphatic rings. The standard InChI is InChI=1S/C19H23F3N2O4S2/c1-5-24(6-2)30(27,28)15-11-13(3)14(4)17(12-15)23-29(25,26)18-10-8-7-9-16(18)19(20,21)22/h7-12,23H,5-6H2,1-4H3. The summed E-state index contributed by atoms with van der Waals surface area (Å²) < 4.78 is 94.3. The molecule has 0 bridgehead atoms. The molecular weight excluding hydrogens is 441 g/mol. The van der Waals surface area contributed by atoms with Gasteiger partial charge in [-0.1, -0.05) is 26.0 Å². The Hall–Kier alpha value is -2.11. The largest absolute Gasteiger partial charge is 0.417 e. The first-order chi connectivity index (χ1) is 13.8. The minimum atomic E-state index is -4.87. The molecule has 0 aromatic heterocycles. The minimum Gasteiger partial charge on any atom is -0.279 e. The second-order valence-electron chi connectivity index (χ2n) is 6.60. The van der Waals surface area contributed by atoms with Crippen LogP contribution in [0.3, 0.4) is 0 Å². The minimum absolute atomic E-state index is 0.0993. The maximum absolute atomic E-state index is 13.3. The van der Waals surface area contributed by atoms with Crippen LogP contribution in [0.15, 0.2) is 46.2 Å². The van der Waals surface area contributed by atoms with Crippen molar-refractivity contribution in [2.45, 2.75) is 43.7 Å². The molecule has 0 atom stereocenters. The van der Waals surface area contributed by atoms with Crippen molar-refractivity contribution in [3.63, 3.8) is 0 Å². The number of benzene rings is 2. The molecule has 0 aliphatic carbocycles. The number of hydrogen-bond acceptors (Lipinski definition) is 4. The van der Waals surface area contributed by atoms with Crippen LogP contribution in [0.5, 0.6) is 0 Å². The van der Waals surface area contributed by atoms with E-state index in [0.717, 1.165) is 18.2 Å². The van der Waals surface area contributed by atoms with Gasteiger partial charge in [0.2, 0.25) is 10.0 Å². The Morgan fingerprint density at radius 2 is 1.53 bits per heavy atom. The third kappa shape index (κ3) is 4.79. The summed E-state index contributed by atoms with van der Waals surface area (Å²) >= 11 is 0. The lowest BCUT2D eigenvalue weighted by Crippen LogP contribution is -2.30. The molecule has 6 nitrogen and oxygen atoms in total. The fourth-order valence-corrected chi connectivity index (χ4v) is 5.84. The van der Waals surface area contributed by atoms with Crippen molar-refractivity contribution in [1.82, 2.24) is 4.31 Å². The highest BCUT2D eigenvalue weighted by Gasteiger charge is 2.37. The van der Waals surface area contributed by atoms with Crippen LogP contribution in [0.4, 0.5) is 18.9 Å². The number of nitrogens with zero attached hydrogens (tertiary/aromatic N) is 1. The molecule has 0 spiro atoms. The molecule has 0 unspecified atom stereocenters. The monoisotopic (exact) mass is 464 g/mol. The Labute approximate surface area is 174 Å². The first kappa shape index (κ1) is 24.2. The lowest BCUT2D eigenvalue weighted by atomic mass is 10.1. The average Bonchev–Trinajstić information content (AvgIpc) is 2.65. The number of nitrogens with one attached hydrogen (secondary N) is 1. The Morgan fingerprint density at radius 1 is 0.967 bits per heavy atom. The molecule has 166 valence electrons. The van der Waals surface area contributed by atoms with Crippen LogP contribution in [-0.4, -0.2) is 34.2 Å². The van der Waals surface area contributed by atoms with Gasteiger partial charge in [-0.05, 0) is 49.2 Å². The molecule has 0 radical (unpaired) electrons. The third-order valence-corrected chi connectivity index (χ3v) is 8.16. The summed E-state index contributed by atoms with van der Waals surface area (Å²) in [4.78, 5) is -1.08. The van der Waals surface area contributed by atoms with Gasteiger partial charge in [-0.3, -0.25) is 4.72 Å². The van der Waals surface area contributed by atoms with E-state index in [9.17, 15) is 30.0 Å². The number of anilines is 1. The second kappa shape index (κ2) is 8.56. The van der Waals surface area contributed by atoms with Gasteiger partial charge in [0.15, 0.2) is 0 Å². The predicted molar refractivity (Wildman–Crippen MR) is 108 cm³/mol. The highest BCUT2D eigenvalue weighted by atomic mass is 32.2. The lowest BCUT2D eigenvalue weighted by molar-refractivity contribution is -0.139. The van der Waals surface area contributed by atoms with Crippen molar-refractivity contribution in [1.29, 1.82) is 0 Å². The molecule has 0 fully saturated rings. The van der Waals surface area contributed by atoms with Gasteiger partial charge in [0.05, 0.1) is 21.0 Å². The highest BCUT2D eigenvalue weighted by Crippen LogP contribution is 2.35. The van der Waals surface area contributed by atoms with Crippen LogP contribution >= 0.6 is 0 Å². The lowest BCUT2D eigenvalue weighted by Gasteiger charge is -2.21. The van der Waals surface area contributed by atoms with Crippen molar-refractivity contribution in [3.8, 4) is 0 Å². The number of aryl methyl sites for hydroxylation is 1. The molecule has 2 aromatic carbocycles. The summed E-state index contributed by atoms with van der Waals surface area (Å²) in [5.74, 6) is 0. The fraction of sp³-hybridized carbons (Fsp3) is 0.368. The normalized spacial score (nSPS) is 12.9. The number of alkyl halides is 3. The van der Waals surface area contributed by atoms with E-state index < -0.39 is 36.7 Å². The maximum Gasteiger partial charge on any atom is 0.417 e. The van der Waals surface area contributed by atoms with Crippen molar-refractivity contribution < 1.29 is 30.0 Å². The van der Waals surface area contributed by atoms with E-state index >= 15 is 0 Å². The molecule has 2 aromatic rings. The topological polar surface area (TPSA) is 83.6 Å². The Morgan fingerprint density at radius 3 is 2.07 bits per heavy atom. The van der Waals surface area contributed by atoms with E-state index in [0.29, 0.717) is 17.2 Å². The number of sulfonamides is 2. The fourth-order valence-electron chi connectivity index (χ4n) is 2.93. The van der Waals surface area contributed by atoms with E-state index in [2.05, 4.69) is 4.72 Å². The summed E-state index contributed by atoms with van der Waals surface area (Å²) in [6.07, 6.45) is -4.87. The molecular formula is C19H23F3N2O4S2. The van der Waals surface area contributed by atoms with Crippen LogP contribution in [-0.2, 0) is 26.2 Å². The van der Waals surface area contributed by atoms with Gasteiger partial charge in [-0.25, -0.2) is 16.8 Å². The summed E-state index contributed by atoms with van der Waals surface area (Å²) in [5.41, 5.74) is -0.525. The van der Waals surface area contributed by atoms with Gasteiger partial charge in [0.25, 0.3) is 10.0 Å². The Balaban J connectivity index is 2.61. The van der Waals surface area contributed by atoms with Gasteiger partial charge >= 0.3 is 6.18 Å². The van der Waals surface area contributed by atoms with Crippen molar-refractivity contribution in [2.75, 3.05) is 17.8 Å². The summed E-state index contributed by atoms with van der Waals surface area (Å²) in [6, 6.07) is 6.34. The summed E-state index contributed by atoms with van der Waals surface area (Å²) in [7, 11) is -8.53. The summed E-state index contributed by atoms with van der Waals surface area (Å²) in [5, 5.41) is 0. The molecule has 1 N–H and O–H groups in total. The molecule has 0 aliphatic heterocycles. The van der Waals surface area contributed by atoms with E-state index in [1.807, 2.05) is 0 Å². The van der Waals surface area contributed by atoms with E-state index in [4.69, 9.17) is 0 Å². The van der Waals surface area contributed by atoms with Crippen LogP contribution in [0, 0.1) is 13.8 Å². The SMILES string of the molecule is CCN(CC)S(=O)(=O)c1cc(C)c(C)c(NS(=O)(=O)c2ccccc2C(F)(F)F)c1. The quantitative estimate of drug-likeness (QED) is 0.667. The molecule has 2 rings (SSSR count). The van der Waals surface area contributed by atoms with Crippen molar-refractivity contribution in [2.24, 2.45) is 0 Å². The zero-order chi connectivity index (χ0) is 22.9. The molecule has 0 saturated carbocycles. The van der Waals surface area contributed by atoms with Crippen LogP contribution in [0.2, 0.25) is 0 Å². The number of hydrogen-bond donors (Lipinski definition) is 1. The van der Waals surface area contributed by atoms with E-state index in [-0.39, 0.29) is 23.7 Å². The molecule has 11 heteroatoms. The first-order valence-electron chi connectivity index (χ1n) is 9.06. The van der Waals surface area contributed by atoms with Gasteiger partial charge < -0.3 is 0 Å². The van der Waals surface area contributed by atoms with Gasteiger partial charge in [-0.2, -0.15) is 17.5 Å². The third-order valence-electron chi connectivity index (χ3n) is 4.71. The van der Waals surface area contributed by atoms with Gasteiger partial charge in [0.1, 0.15) is 0 Å². The zero-order valence-electron chi connectivity index (χ0n) is 16.9. The van der Waals surface area contributed by atoms with Crippen molar-refractivity contribution >= 4 is 25.7 Å². The van der Waals surface area contributed by atoms with Crippen LogP contribution in [0.25, 0.3) is 0 Å². The highest BCUT2D eigenvalue weighted by molar-refractivity contribution is 7.92. The molecule has 0 saturated heterocycles. The Bertz CT molecular complexity index is 1140. The predicted octanol–water partition coefficient (Wildman–Crippen LogP) is 4.15. The zero-order valence-corrected chi connectivity index (χ0v) is 18.5. The van der Waals surface area contributed by atoms with Gasteiger partial charge in [-0.15, -0.1) is 0 Å². The molecule has 0 heterocycles. The van der Waals surface area contributed by atoms with E-state index in [1.54, 1.807) is 27.7 Å². The number of rotatable bonds is 7.